The smallest absolute Gasteiger partial charge is 0.246 e. The summed E-state index contributed by atoms with van der Waals surface area (Å²) < 4.78 is 0. The maximum absolute atomic E-state index is 12.4. The predicted octanol–water partition coefficient (Wildman–Crippen LogP) is 2.02. The van der Waals surface area contributed by atoms with Gasteiger partial charge in [-0.05, 0) is 37.8 Å². The van der Waals surface area contributed by atoms with Gasteiger partial charge >= 0.3 is 0 Å². The molecule has 24 heavy (non-hydrogen) atoms. The highest BCUT2D eigenvalue weighted by Crippen LogP contribution is 2.31. The Morgan fingerprint density at radius 2 is 2.08 bits per heavy atom. The minimum absolute atomic E-state index is 0. The third-order valence-electron chi connectivity index (χ3n) is 5.17. The molecule has 0 aromatic heterocycles. The van der Waals surface area contributed by atoms with Crippen molar-refractivity contribution >= 4 is 29.9 Å². The number of benzene rings is 1. The lowest BCUT2D eigenvalue weighted by Crippen LogP contribution is -2.54. The molecule has 3 rings (SSSR count). The fourth-order valence-electron chi connectivity index (χ4n) is 3.77. The molecule has 1 saturated carbocycles. The van der Waals surface area contributed by atoms with Gasteiger partial charge in [0.25, 0.3) is 0 Å². The van der Waals surface area contributed by atoms with Gasteiger partial charge in [0.15, 0.2) is 0 Å². The Labute approximate surface area is 149 Å². The van der Waals surface area contributed by atoms with Crippen molar-refractivity contribution in [1.82, 2.24) is 5.32 Å². The third kappa shape index (κ3) is 3.73. The summed E-state index contributed by atoms with van der Waals surface area (Å²) in [6.45, 7) is 2.67. The number of hydrogen-bond acceptors (Lipinski definition) is 3. The number of nitrogens with two attached hydrogens (primary N) is 1. The van der Waals surface area contributed by atoms with Crippen LogP contribution in [0.4, 0.5) is 5.69 Å². The maximum atomic E-state index is 12.4. The number of para-hydroxylation sites is 1. The van der Waals surface area contributed by atoms with Gasteiger partial charge in [-0.2, -0.15) is 0 Å². The molecular formula is C18H26ClN3O2. The van der Waals surface area contributed by atoms with Crippen LogP contribution in [0.15, 0.2) is 24.3 Å². The number of carbonyl (C=O) groups excluding carboxylic acids is 2. The fraction of sp³-hybridized carbons (Fsp3) is 0.556. The molecule has 6 heteroatoms. The number of carbonyl (C=O) groups is 2. The Balaban J connectivity index is 0.00000208. The average molecular weight is 352 g/mol. The van der Waals surface area contributed by atoms with Crippen LogP contribution in [0.5, 0.6) is 0 Å². The highest BCUT2D eigenvalue weighted by molar-refractivity contribution is 5.98. The van der Waals surface area contributed by atoms with E-state index in [9.17, 15) is 9.59 Å². The first-order valence-electron chi connectivity index (χ1n) is 8.44. The Morgan fingerprint density at radius 3 is 2.83 bits per heavy atom. The second-order valence-electron chi connectivity index (χ2n) is 6.95. The van der Waals surface area contributed by atoms with E-state index in [1.807, 2.05) is 31.2 Å². The first kappa shape index (κ1) is 18.7. The number of hydrogen-bond donors (Lipinski definition) is 2. The quantitative estimate of drug-likeness (QED) is 0.874. The van der Waals surface area contributed by atoms with Crippen LogP contribution in [0.3, 0.4) is 0 Å². The number of amides is 2. The van der Waals surface area contributed by atoms with Gasteiger partial charge in [-0.25, -0.2) is 0 Å². The molecule has 3 N–H and O–H groups in total. The minimum atomic E-state index is -0.467. The number of rotatable bonds is 3. The average Bonchev–Trinajstić information content (AvgIpc) is 2.96. The molecule has 5 nitrogen and oxygen atoms in total. The van der Waals surface area contributed by atoms with Gasteiger partial charge in [0.05, 0.1) is 12.5 Å². The lowest BCUT2D eigenvalue weighted by Gasteiger charge is -2.37. The van der Waals surface area contributed by atoms with Gasteiger partial charge in [-0.15, -0.1) is 12.4 Å². The summed E-state index contributed by atoms with van der Waals surface area (Å²) in [4.78, 5) is 26.6. The van der Waals surface area contributed by atoms with E-state index in [2.05, 4.69) is 5.32 Å². The molecule has 132 valence electrons. The van der Waals surface area contributed by atoms with E-state index < -0.39 is 5.54 Å². The summed E-state index contributed by atoms with van der Waals surface area (Å²) in [6.07, 6.45) is 4.63. The van der Waals surface area contributed by atoms with Gasteiger partial charge < -0.3 is 16.0 Å². The van der Waals surface area contributed by atoms with E-state index >= 15 is 0 Å². The van der Waals surface area contributed by atoms with Gasteiger partial charge in [0.2, 0.25) is 11.8 Å². The molecule has 2 aliphatic rings. The second-order valence-corrected chi connectivity index (χ2v) is 6.95. The fourth-order valence-corrected chi connectivity index (χ4v) is 3.77. The van der Waals surface area contributed by atoms with Crippen molar-refractivity contribution in [2.75, 3.05) is 18.0 Å². The van der Waals surface area contributed by atoms with Crippen LogP contribution in [0.1, 0.15) is 38.2 Å². The highest BCUT2D eigenvalue weighted by atomic mass is 35.5. The summed E-state index contributed by atoms with van der Waals surface area (Å²) in [6, 6.07) is 7.92. The molecule has 1 fully saturated rings. The Morgan fingerprint density at radius 1 is 1.33 bits per heavy atom. The second kappa shape index (κ2) is 7.53. The largest absolute Gasteiger partial charge is 0.347 e. The predicted molar refractivity (Wildman–Crippen MR) is 97.3 cm³/mol. The lowest BCUT2D eigenvalue weighted by atomic mass is 9.74. The molecule has 0 spiro atoms. The summed E-state index contributed by atoms with van der Waals surface area (Å²) in [5, 5.41) is 2.81. The van der Waals surface area contributed by atoms with Crippen LogP contribution in [-0.4, -0.2) is 30.4 Å². The number of nitrogens with one attached hydrogen (secondary N) is 1. The first-order valence-corrected chi connectivity index (χ1v) is 8.44. The molecule has 2 unspecified atom stereocenters. The molecule has 1 heterocycles. The van der Waals surface area contributed by atoms with Gasteiger partial charge in [0, 0.05) is 17.8 Å². The van der Waals surface area contributed by atoms with Crippen LogP contribution >= 0.6 is 12.4 Å². The van der Waals surface area contributed by atoms with Crippen LogP contribution in [-0.2, 0) is 16.0 Å². The first-order chi connectivity index (χ1) is 11.0. The molecular weight excluding hydrogens is 326 g/mol. The van der Waals surface area contributed by atoms with Crippen molar-refractivity contribution in [3.8, 4) is 0 Å². The van der Waals surface area contributed by atoms with E-state index in [4.69, 9.17) is 5.73 Å². The number of halogens is 1. The molecule has 1 aliphatic carbocycles. The monoisotopic (exact) mass is 351 g/mol. The van der Waals surface area contributed by atoms with Crippen molar-refractivity contribution in [3.05, 3.63) is 29.8 Å². The summed E-state index contributed by atoms with van der Waals surface area (Å²) in [5.74, 6) is -0.344. The van der Waals surface area contributed by atoms with Crippen molar-refractivity contribution in [1.29, 1.82) is 0 Å². The van der Waals surface area contributed by atoms with Crippen LogP contribution in [0.25, 0.3) is 0 Å². The number of fused-ring (bicyclic) bond motifs is 1. The molecule has 1 aliphatic heterocycles. The zero-order valence-electron chi connectivity index (χ0n) is 14.1. The summed E-state index contributed by atoms with van der Waals surface area (Å²) in [7, 11) is 0. The van der Waals surface area contributed by atoms with Crippen molar-refractivity contribution in [2.24, 2.45) is 11.7 Å². The molecule has 1 aromatic carbocycles. The topological polar surface area (TPSA) is 75.4 Å². The van der Waals surface area contributed by atoms with Crippen molar-refractivity contribution in [3.63, 3.8) is 0 Å². The highest BCUT2D eigenvalue weighted by Gasteiger charge is 2.38. The van der Waals surface area contributed by atoms with Crippen LogP contribution < -0.4 is 16.0 Å². The van der Waals surface area contributed by atoms with Crippen molar-refractivity contribution < 1.29 is 9.59 Å². The molecule has 0 bridgehead atoms. The molecule has 2 amide bonds. The van der Waals surface area contributed by atoms with Crippen LogP contribution in [0, 0.1) is 5.92 Å². The molecule has 0 radical (unpaired) electrons. The van der Waals surface area contributed by atoms with Crippen LogP contribution in [0.2, 0.25) is 0 Å². The zero-order chi connectivity index (χ0) is 16.4. The van der Waals surface area contributed by atoms with E-state index in [0.717, 1.165) is 37.8 Å². The Bertz CT molecular complexity index is 618. The third-order valence-corrected chi connectivity index (χ3v) is 5.17. The van der Waals surface area contributed by atoms with Gasteiger partial charge in [-0.1, -0.05) is 31.0 Å². The van der Waals surface area contributed by atoms with E-state index in [1.165, 1.54) is 5.56 Å². The summed E-state index contributed by atoms with van der Waals surface area (Å²) in [5.41, 5.74) is 7.95. The normalized spacial score (nSPS) is 25.6. The summed E-state index contributed by atoms with van der Waals surface area (Å²) >= 11 is 0. The Hall–Kier alpha value is -1.59. The lowest BCUT2D eigenvalue weighted by molar-refractivity contribution is -0.130. The van der Waals surface area contributed by atoms with Gasteiger partial charge in [0.1, 0.15) is 0 Å². The van der Waals surface area contributed by atoms with E-state index in [-0.39, 0.29) is 36.7 Å². The zero-order valence-corrected chi connectivity index (χ0v) is 14.9. The minimum Gasteiger partial charge on any atom is -0.347 e. The molecule has 1 aromatic rings. The van der Waals surface area contributed by atoms with Crippen molar-refractivity contribution in [2.45, 2.75) is 44.6 Å². The standard InChI is InChI=1S/C18H25N3O2.ClH/c1-18(19)10-5-4-7-14(18)17(23)20-12-16(22)21-11-9-13-6-2-3-8-15(13)21;/h2-3,6,8,14H,4-5,7,9-12,19H2,1H3,(H,20,23);1H. The van der Waals surface area contributed by atoms with E-state index in [0.29, 0.717) is 6.54 Å². The molecule has 2 atom stereocenters. The maximum Gasteiger partial charge on any atom is 0.246 e. The van der Waals surface area contributed by atoms with E-state index in [1.54, 1.807) is 4.90 Å². The van der Waals surface area contributed by atoms with Gasteiger partial charge in [-0.3, -0.25) is 9.59 Å². The Kier molecular flexibility index (Phi) is 5.88. The number of anilines is 1. The number of nitrogens with zero attached hydrogens (tertiary/aromatic N) is 1. The SMILES string of the molecule is CC1(N)CCCCC1C(=O)NCC(=O)N1CCc2ccccc21.Cl. The molecule has 0 saturated heterocycles.